The molecule has 0 N–H and O–H groups in total. The minimum Gasteiger partial charge on any atom is -0.460 e. The first kappa shape index (κ1) is 11.6. The highest BCUT2D eigenvalue weighted by Crippen LogP contribution is 2.54. The zero-order valence-corrected chi connectivity index (χ0v) is 9.67. The number of hydrogen-bond donors (Lipinski definition) is 0. The third-order valence-corrected chi connectivity index (χ3v) is 3.11. The molecule has 2 rings (SSSR count). The van der Waals surface area contributed by atoms with E-state index in [1.54, 1.807) is 26.8 Å². The Bertz CT molecular complexity index is 341. The Kier molecular flexibility index (Phi) is 2.37. The molecule has 0 aliphatic heterocycles. The summed E-state index contributed by atoms with van der Waals surface area (Å²) in [5, 5.41) is 0. The highest BCUT2D eigenvalue weighted by Gasteiger charge is 2.62. The lowest BCUT2D eigenvalue weighted by molar-refractivity contribution is -0.175. The molecule has 4 heteroatoms. The van der Waals surface area contributed by atoms with E-state index in [1.807, 2.05) is 0 Å². The fraction of sp³-hybridized carbons (Fsp3) is 0.750. The first-order chi connectivity index (χ1) is 7.22. The monoisotopic (exact) mass is 230 g/mol. The molecule has 16 heavy (non-hydrogen) atoms. The van der Waals surface area contributed by atoms with Gasteiger partial charge in [-0.15, -0.1) is 0 Å². The van der Waals surface area contributed by atoms with E-state index in [0.717, 1.165) is 0 Å². The van der Waals surface area contributed by atoms with Crippen molar-refractivity contribution in [3.05, 3.63) is 12.2 Å². The van der Waals surface area contributed by atoms with Crippen LogP contribution in [0, 0.1) is 17.8 Å². The number of halogens is 2. The van der Waals surface area contributed by atoms with Crippen LogP contribution >= 0.6 is 0 Å². The van der Waals surface area contributed by atoms with Crippen LogP contribution in [-0.4, -0.2) is 17.5 Å². The van der Waals surface area contributed by atoms with Crippen molar-refractivity contribution in [1.29, 1.82) is 0 Å². The summed E-state index contributed by atoms with van der Waals surface area (Å²) < 4.78 is 32.6. The van der Waals surface area contributed by atoms with E-state index in [9.17, 15) is 13.6 Å². The number of allylic oxidation sites excluding steroid dienone is 2. The molecule has 0 heterocycles. The lowest BCUT2D eigenvalue weighted by Gasteiger charge is -2.29. The molecule has 0 saturated heterocycles. The summed E-state index contributed by atoms with van der Waals surface area (Å²) in [6.07, 6.45) is 3.61. The van der Waals surface area contributed by atoms with Crippen LogP contribution in [0.25, 0.3) is 0 Å². The molecule has 0 radical (unpaired) electrons. The SMILES string of the molecule is CC(C)(C)OC(=O)C1C2C=CC(C2)C1(F)F. The van der Waals surface area contributed by atoms with Crippen LogP contribution in [0.15, 0.2) is 12.2 Å². The molecule has 1 fully saturated rings. The molecule has 2 aliphatic rings. The van der Waals surface area contributed by atoms with Gasteiger partial charge >= 0.3 is 5.97 Å². The second-order valence-electron chi connectivity index (χ2n) is 5.58. The molecule has 0 amide bonds. The van der Waals surface area contributed by atoms with Crippen LogP contribution in [0.5, 0.6) is 0 Å². The predicted octanol–water partition coefficient (Wildman–Crippen LogP) is 2.79. The van der Waals surface area contributed by atoms with E-state index < -0.39 is 29.3 Å². The third-order valence-electron chi connectivity index (χ3n) is 3.11. The van der Waals surface area contributed by atoms with Crippen molar-refractivity contribution in [2.24, 2.45) is 17.8 Å². The molecule has 1 saturated carbocycles. The molecule has 0 aromatic heterocycles. The number of ether oxygens (including phenoxy) is 1. The van der Waals surface area contributed by atoms with Gasteiger partial charge in [0.2, 0.25) is 0 Å². The van der Waals surface area contributed by atoms with Crippen molar-refractivity contribution in [3.8, 4) is 0 Å². The van der Waals surface area contributed by atoms with Gasteiger partial charge in [-0.05, 0) is 33.1 Å². The van der Waals surface area contributed by atoms with E-state index in [0.29, 0.717) is 6.42 Å². The van der Waals surface area contributed by atoms with E-state index >= 15 is 0 Å². The second kappa shape index (κ2) is 3.28. The summed E-state index contributed by atoms with van der Waals surface area (Å²) >= 11 is 0. The average Bonchev–Trinajstić information content (AvgIpc) is 2.56. The van der Waals surface area contributed by atoms with E-state index in [-0.39, 0.29) is 5.92 Å². The van der Waals surface area contributed by atoms with Crippen molar-refractivity contribution in [3.63, 3.8) is 0 Å². The highest BCUT2D eigenvalue weighted by molar-refractivity contribution is 5.76. The van der Waals surface area contributed by atoms with Crippen molar-refractivity contribution in [2.45, 2.75) is 38.7 Å². The second-order valence-corrected chi connectivity index (χ2v) is 5.58. The lowest BCUT2D eigenvalue weighted by Crippen LogP contribution is -2.41. The topological polar surface area (TPSA) is 26.3 Å². The van der Waals surface area contributed by atoms with E-state index in [4.69, 9.17) is 4.74 Å². The van der Waals surface area contributed by atoms with Crippen LogP contribution in [-0.2, 0) is 9.53 Å². The zero-order valence-electron chi connectivity index (χ0n) is 9.67. The van der Waals surface area contributed by atoms with Crippen LogP contribution in [0.4, 0.5) is 8.78 Å². The Balaban J connectivity index is 2.16. The molecule has 3 atom stereocenters. The maximum atomic E-state index is 13.8. The summed E-state index contributed by atoms with van der Waals surface area (Å²) in [5.41, 5.74) is -0.710. The minimum atomic E-state index is -2.94. The first-order valence-corrected chi connectivity index (χ1v) is 5.51. The number of hydrogen-bond acceptors (Lipinski definition) is 2. The Morgan fingerprint density at radius 2 is 2.00 bits per heavy atom. The molecule has 2 aliphatic carbocycles. The van der Waals surface area contributed by atoms with Gasteiger partial charge in [0.15, 0.2) is 0 Å². The molecule has 2 nitrogen and oxygen atoms in total. The molecule has 2 bridgehead atoms. The summed E-state index contributed by atoms with van der Waals surface area (Å²) in [6.45, 7) is 5.06. The van der Waals surface area contributed by atoms with Gasteiger partial charge in [-0.1, -0.05) is 12.2 Å². The maximum absolute atomic E-state index is 13.8. The van der Waals surface area contributed by atoms with Gasteiger partial charge in [-0.2, -0.15) is 0 Å². The number of alkyl halides is 2. The van der Waals surface area contributed by atoms with Crippen LogP contribution in [0.1, 0.15) is 27.2 Å². The van der Waals surface area contributed by atoms with Crippen LogP contribution < -0.4 is 0 Å². The Hall–Kier alpha value is -0.930. The van der Waals surface area contributed by atoms with Crippen LogP contribution in [0.3, 0.4) is 0 Å². The number of carbonyl (C=O) groups excluding carboxylic acids is 1. The van der Waals surface area contributed by atoms with E-state index in [1.165, 1.54) is 6.08 Å². The zero-order chi connectivity index (χ0) is 12.1. The molecular weight excluding hydrogens is 214 g/mol. The molecule has 0 aromatic carbocycles. The standard InChI is InChI=1S/C12H16F2O2/c1-11(2,3)16-10(15)9-7-4-5-8(6-7)12(9,13)14/h4-5,7-9H,6H2,1-3H3. The number of fused-ring (bicyclic) bond motifs is 2. The van der Waals surface area contributed by atoms with Gasteiger partial charge in [0.25, 0.3) is 5.92 Å². The number of esters is 1. The van der Waals surface area contributed by atoms with Crippen molar-refractivity contribution in [2.75, 3.05) is 0 Å². The summed E-state index contributed by atoms with van der Waals surface area (Å²) in [4.78, 5) is 11.7. The van der Waals surface area contributed by atoms with Gasteiger partial charge in [0.05, 0.1) is 0 Å². The van der Waals surface area contributed by atoms with Gasteiger partial charge in [-0.3, -0.25) is 4.79 Å². The van der Waals surface area contributed by atoms with E-state index in [2.05, 4.69) is 0 Å². The summed E-state index contributed by atoms with van der Waals surface area (Å²) in [6, 6.07) is 0. The quantitative estimate of drug-likeness (QED) is 0.511. The first-order valence-electron chi connectivity index (χ1n) is 5.51. The fourth-order valence-electron chi connectivity index (χ4n) is 2.47. The average molecular weight is 230 g/mol. The molecular formula is C12H16F2O2. The van der Waals surface area contributed by atoms with Gasteiger partial charge in [-0.25, -0.2) is 8.78 Å². The van der Waals surface area contributed by atoms with Gasteiger partial charge in [0.1, 0.15) is 11.5 Å². The molecule has 90 valence electrons. The fourth-order valence-corrected chi connectivity index (χ4v) is 2.47. The maximum Gasteiger partial charge on any atom is 0.316 e. The largest absolute Gasteiger partial charge is 0.460 e. The third kappa shape index (κ3) is 1.74. The van der Waals surface area contributed by atoms with Crippen LogP contribution in [0.2, 0.25) is 0 Å². The van der Waals surface area contributed by atoms with Crippen molar-refractivity contribution in [1.82, 2.24) is 0 Å². The lowest BCUT2D eigenvalue weighted by atomic mass is 9.90. The summed E-state index contributed by atoms with van der Waals surface area (Å²) in [7, 11) is 0. The van der Waals surface area contributed by atoms with Crippen molar-refractivity contribution >= 4 is 5.97 Å². The van der Waals surface area contributed by atoms with Gasteiger partial charge in [0, 0.05) is 5.92 Å². The normalized spacial score (nSPS) is 35.4. The number of rotatable bonds is 1. The summed E-state index contributed by atoms with van der Waals surface area (Å²) in [5.74, 6) is -6.14. The Morgan fingerprint density at radius 1 is 1.38 bits per heavy atom. The van der Waals surface area contributed by atoms with Gasteiger partial charge < -0.3 is 4.74 Å². The molecule has 3 unspecified atom stereocenters. The van der Waals surface area contributed by atoms with Crippen molar-refractivity contribution < 1.29 is 18.3 Å². The Morgan fingerprint density at radius 3 is 2.44 bits per heavy atom. The Labute approximate surface area is 93.7 Å². The molecule has 0 aromatic rings. The number of carbonyl (C=O) groups is 1. The molecule has 0 spiro atoms. The minimum absolute atomic E-state index is 0.352. The predicted molar refractivity (Wildman–Crippen MR) is 55.0 cm³/mol. The highest BCUT2D eigenvalue weighted by atomic mass is 19.3. The smallest absolute Gasteiger partial charge is 0.316 e.